The van der Waals surface area contributed by atoms with Crippen LogP contribution in [0.5, 0.6) is 0 Å². The molecule has 0 unspecified atom stereocenters. The van der Waals surface area contributed by atoms with Crippen LogP contribution in [0.25, 0.3) is 22.1 Å². The molecule has 0 radical (unpaired) electrons. The third-order valence-corrected chi connectivity index (χ3v) is 4.63. The molecule has 6 nitrogen and oxygen atoms in total. The number of furan rings is 1. The largest absolute Gasteiger partial charge is 0.464 e. The van der Waals surface area contributed by atoms with E-state index in [9.17, 15) is 22.8 Å². The molecule has 1 amide bonds. The van der Waals surface area contributed by atoms with Crippen molar-refractivity contribution in [1.82, 2.24) is 4.57 Å². The number of ether oxygens (including phenoxy) is 1. The lowest BCUT2D eigenvalue weighted by Crippen LogP contribution is -2.23. The number of carbonyl (C=O) groups is 2. The zero-order chi connectivity index (χ0) is 21.5. The van der Waals surface area contributed by atoms with Crippen LogP contribution in [0.3, 0.4) is 0 Å². The highest BCUT2D eigenvalue weighted by atomic mass is 19.4. The van der Waals surface area contributed by atoms with Crippen LogP contribution in [0.1, 0.15) is 16.1 Å². The molecule has 2 aromatic carbocycles. The first kappa shape index (κ1) is 19.6. The van der Waals surface area contributed by atoms with E-state index in [2.05, 4.69) is 5.32 Å². The fourth-order valence-corrected chi connectivity index (χ4v) is 3.36. The van der Waals surface area contributed by atoms with Crippen LogP contribution in [0.4, 0.5) is 18.9 Å². The predicted molar refractivity (Wildman–Crippen MR) is 103 cm³/mol. The minimum Gasteiger partial charge on any atom is -0.464 e. The van der Waals surface area contributed by atoms with Gasteiger partial charge in [0.2, 0.25) is 5.91 Å². The van der Waals surface area contributed by atoms with Gasteiger partial charge in [0.15, 0.2) is 5.58 Å². The van der Waals surface area contributed by atoms with Crippen molar-refractivity contribution in [3.05, 3.63) is 65.9 Å². The Bertz CT molecular complexity index is 1270. The molecule has 4 aromatic rings. The number of rotatable bonds is 4. The van der Waals surface area contributed by atoms with E-state index < -0.39 is 30.2 Å². The summed E-state index contributed by atoms with van der Waals surface area (Å²) < 4.78 is 51.5. The first-order valence-corrected chi connectivity index (χ1v) is 8.84. The molecule has 0 saturated heterocycles. The van der Waals surface area contributed by atoms with Gasteiger partial charge < -0.3 is 19.0 Å². The van der Waals surface area contributed by atoms with E-state index in [1.165, 1.54) is 35.9 Å². The summed E-state index contributed by atoms with van der Waals surface area (Å²) in [5, 5.41) is 2.94. The Hall–Kier alpha value is -3.75. The van der Waals surface area contributed by atoms with Crippen molar-refractivity contribution in [1.29, 1.82) is 0 Å². The second-order valence-corrected chi connectivity index (χ2v) is 6.51. The maximum absolute atomic E-state index is 13.2. The van der Waals surface area contributed by atoms with Crippen molar-refractivity contribution in [2.24, 2.45) is 0 Å². The summed E-state index contributed by atoms with van der Waals surface area (Å²) in [6, 6.07) is 13.2. The highest BCUT2D eigenvalue weighted by Gasteiger charge is 2.33. The second-order valence-electron chi connectivity index (χ2n) is 6.51. The SMILES string of the molecule is COC(=O)c1cc2oc3ccccc3c2n1CC(=O)Nc1ccccc1C(F)(F)F. The lowest BCUT2D eigenvalue weighted by molar-refractivity contribution is -0.137. The molecule has 0 aliphatic rings. The average Bonchev–Trinajstić information content (AvgIpc) is 3.23. The zero-order valence-electron chi connectivity index (χ0n) is 15.6. The van der Waals surface area contributed by atoms with Gasteiger partial charge >= 0.3 is 12.1 Å². The molecule has 0 saturated carbocycles. The Kier molecular flexibility index (Phi) is 4.73. The molecule has 0 bridgehead atoms. The predicted octanol–water partition coefficient (Wildman–Crippen LogP) is 4.83. The molecule has 0 aliphatic carbocycles. The highest BCUT2D eigenvalue weighted by Crippen LogP contribution is 2.35. The molecule has 2 heterocycles. The van der Waals surface area contributed by atoms with Gasteiger partial charge in [-0.2, -0.15) is 13.2 Å². The van der Waals surface area contributed by atoms with Crippen LogP contribution in [-0.2, 0) is 22.3 Å². The van der Waals surface area contributed by atoms with Crippen LogP contribution in [0.15, 0.2) is 59.0 Å². The molecule has 154 valence electrons. The van der Waals surface area contributed by atoms with Gasteiger partial charge in [-0.25, -0.2) is 4.79 Å². The van der Waals surface area contributed by atoms with Crippen LogP contribution in [-0.4, -0.2) is 23.6 Å². The van der Waals surface area contributed by atoms with Crippen LogP contribution in [0, 0.1) is 0 Å². The summed E-state index contributed by atoms with van der Waals surface area (Å²) in [4.78, 5) is 24.8. The van der Waals surface area contributed by atoms with Gasteiger partial charge in [0, 0.05) is 11.5 Å². The summed E-state index contributed by atoms with van der Waals surface area (Å²) in [6.45, 7) is -0.413. The van der Waals surface area contributed by atoms with Gasteiger partial charge in [-0.1, -0.05) is 24.3 Å². The molecule has 9 heteroatoms. The smallest absolute Gasteiger partial charge is 0.418 e. The number of para-hydroxylation sites is 2. The lowest BCUT2D eigenvalue weighted by atomic mass is 10.1. The van der Waals surface area contributed by atoms with Crippen molar-refractivity contribution in [2.75, 3.05) is 12.4 Å². The lowest BCUT2D eigenvalue weighted by Gasteiger charge is -2.14. The van der Waals surface area contributed by atoms with Crippen LogP contribution >= 0.6 is 0 Å². The quantitative estimate of drug-likeness (QED) is 0.484. The van der Waals surface area contributed by atoms with Gasteiger partial charge in [0.05, 0.1) is 23.9 Å². The summed E-state index contributed by atoms with van der Waals surface area (Å²) in [7, 11) is 1.19. The number of benzene rings is 2. The number of amides is 1. The molecule has 0 atom stereocenters. The fraction of sp³-hybridized carbons (Fsp3) is 0.143. The number of esters is 1. The molecule has 0 spiro atoms. The monoisotopic (exact) mass is 416 g/mol. The van der Waals surface area contributed by atoms with Crippen LogP contribution < -0.4 is 5.32 Å². The van der Waals surface area contributed by atoms with Gasteiger partial charge in [-0.15, -0.1) is 0 Å². The van der Waals surface area contributed by atoms with Crippen molar-refractivity contribution in [2.45, 2.75) is 12.7 Å². The molecular weight excluding hydrogens is 401 g/mol. The summed E-state index contributed by atoms with van der Waals surface area (Å²) in [5.41, 5.74) is 0.116. The van der Waals surface area contributed by atoms with E-state index in [-0.39, 0.29) is 11.4 Å². The van der Waals surface area contributed by atoms with E-state index in [1.807, 2.05) is 0 Å². The number of nitrogens with zero attached hydrogens (tertiary/aromatic N) is 1. The number of carbonyl (C=O) groups excluding carboxylic acids is 2. The van der Waals surface area contributed by atoms with E-state index in [1.54, 1.807) is 24.3 Å². The summed E-state index contributed by atoms with van der Waals surface area (Å²) in [5.74, 6) is -1.44. The van der Waals surface area contributed by atoms with Crippen molar-refractivity contribution >= 4 is 39.6 Å². The maximum Gasteiger partial charge on any atom is 0.418 e. The number of fused-ring (bicyclic) bond motifs is 3. The minimum absolute atomic E-state index is 0.0521. The summed E-state index contributed by atoms with van der Waals surface area (Å²) in [6.07, 6.45) is -4.62. The molecule has 30 heavy (non-hydrogen) atoms. The highest BCUT2D eigenvalue weighted by molar-refractivity contribution is 6.07. The molecule has 2 aromatic heterocycles. The zero-order valence-corrected chi connectivity index (χ0v) is 15.6. The topological polar surface area (TPSA) is 73.5 Å². The number of nitrogens with one attached hydrogen (secondary N) is 1. The first-order valence-electron chi connectivity index (χ1n) is 8.84. The van der Waals surface area contributed by atoms with Gasteiger partial charge in [-0.05, 0) is 24.3 Å². The van der Waals surface area contributed by atoms with Crippen molar-refractivity contribution in [3.8, 4) is 0 Å². The Morgan fingerprint density at radius 2 is 1.77 bits per heavy atom. The van der Waals surface area contributed by atoms with E-state index in [0.29, 0.717) is 22.1 Å². The Balaban J connectivity index is 1.75. The van der Waals surface area contributed by atoms with Crippen LogP contribution in [0.2, 0.25) is 0 Å². The van der Waals surface area contributed by atoms with Gasteiger partial charge in [-0.3, -0.25) is 4.79 Å². The second kappa shape index (κ2) is 7.25. The number of anilines is 1. The number of halogens is 3. The summed E-state index contributed by atoms with van der Waals surface area (Å²) >= 11 is 0. The minimum atomic E-state index is -4.62. The number of methoxy groups -OCH3 is 1. The van der Waals surface area contributed by atoms with Gasteiger partial charge in [0.25, 0.3) is 0 Å². The maximum atomic E-state index is 13.2. The molecule has 0 fully saturated rings. The number of aromatic nitrogens is 1. The fourth-order valence-electron chi connectivity index (χ4n) is 3.36. The Morgan fingerprint density at radius 1 is 1.07 bits per heavy atom. The molecule has 4 rings (SSSR count). The third-order valence-electron chi connectivity index (χ3n) is 4.63. The number of hydrogen-bond acceptors (Lipinski definition) is 4. The number of hydrogen-bond donors (Lipinski definition) is 1. The van der Waals surface area contributed by atoms with Crippen molar-refractivity contribution < 1.29 is 31.9 Å². The van der Waals surface area contributed by atoms with Gasteiger partial charge in [0.1, 0.15) is 17.8 Å². The molecule has 0 aliphatic heterocycles. The standard InChI is InChI=1S/C21H15F3N2O4/c1-29-20(28)15-10-17-19(12-6-2-5-9-16(12)30-17)26(15)11-18(27)25-14-8-4-3-7-13(14)21(22,23)24/h2-10H,11H2,1H3,(H,25,27). The first-order chi connectivity index (χ1) is 14.3. The Labute approximate surface area is 167 Å². The van der Waals surface area contributed by atoms with E-state index in [0.717, 1.165) is 6.07 Å². The molecule has 1 N–H and O–H groups in total. The van der Waals surface area contributed by atoms with E-state index >= 15 is 0 Å². The normalized spacial score (nSPS) is 11.7. The third kappa shape index (κ3) is 3.38. The number of alkyl halides is 3. The average molecular weight is 416 g/mol. The van der Waals surface area contributed by atoms with E-state index in [4.69, 9.17) is 9.15 Å². The Morgan fingerprint density at radius 3 is 2.50 bits per heavy atom. The molecular formula is C21H15F3N2O4. The van der Waals surface area contributed by atoms with Crippen molar-refractivity contribution in [3.63, 3.8) is 0 Å².